The van der Waals surface area contributed by atoms with Gasteiger partial charge in [0.25, 0.3) is 5.91 Å². The van der Waals surface area contributed by atoms with Gasteiger partial charge in [0.15, 0.2) is 0 Å². The molecule has 0 fully saturated rings. The number of rotatable bonds is 3. The molecule has 7 heteroatoms. The molecule has 1 atom stereocenters. The lowest BCUT2D eigenvalue weighted by atomic mass is 9.75. The molecule has 1 aliphatic carbocycles. The van der Waals surface area contributed by atoms with Crippen molar-refractivity contribution in [3.63, 3.8) is 0 Å². The molecule has 27 heavy (non-hydrogen) atoms. The second-order valence-corrected chi connectivity index (χ2v) is 7.00. The van der Waals surface area contributed by atoms with Crippen molar-refractivity contribution in [3.8, 4) is 5.69 Å². The maximum Gasteiger partial charge on any atom is 0.254 e. The number of carbonyl (C=O) groups is 1. The molecular weight excluding hydrogens is 347 g/mol. The van der Waals surface area contributed by atoms with Gasteiger partial charge in [-0.05, 0) is 54.7 Å². The highest BCUT2D eigenvalue weighted by Gasteiger charge is 2.48. The minimum atomic E-state index is -1.08. The van der Waals surface area contributed by atoms with Gasteiger partial charge in [-0.15, -0.1) is 0 Å². The lowest BCUT2D eigenvalue weighted by Gasteiger charge is -2.28. The summed E-state index contributed by atoms with van der Waals surface area (Å²) < 4.78 is 15.9. The molecule has 0 spiro atoms. The van der Waals surface area contributed by atoms with Gasteiger partial charge in [-0.1, -0.05) is 12.1 Å². The van der Waals surface area contributed by atoms with Crippen LogP contribution in [0.5, 0.6) is 0 Å². The Hall–Kier alpha value is -3.06. The zero-order chi connectivity index (χ0) is 19.2. The predicted molar refractivity (Wildman–Crippen MR) is 96.2 cm³/mol. The van der Waals surface area contributed by atoms with E-state index in [1.54, 1.807) is 41.6 Å². The largest absolute Gasteiger partial charge is 0.289 e. The Morgan fingerprint density at radius 3 is 2.81 bits per heavy atom. The highest BCUT2D eigenvalue weighted by molar-refractivity contribution is 5.89. The molecule has 0 aliphatic heterocycles. The number of aromatic nitrogens is 3. The zero-order valence-electron chi connectivity index (χ0n) is 15.0. The van der Waals surface area contributed by atoms with Crippen LogP contribution in [0.3, 0.4) is 0 Å². The Bertz CT molecular complexity index is 1020. The van der Waals surface area contributed by atoms with Crippen LogP contribution in [-0.2, 0) is 23.1 Å². The van der Waals surface area contributed by atoms with Crippen LogP contribution in [0.2, 0.25) is 0 Å². The molecule has 1 unspecified atom stereocenters. The van der Waals surface area contributed by atoms with E-state index in [9.17, 15) is 14.4 Å². The number of hydrogen-bond donors (Lipinski definition) is 2. The van der Waals surface area contributed by atoms with Crippen molar-refractivity contribution in [2.75, 3.05) is 0 Å². The van der Waals surface area contributed by atoms with Crippen LogP contribution < -0.4 is 5.48 Å². The van der Waals surface area contributed by atoms with Crippen LogP contribution in [0.25, 0.3) is 5.69 Å². The summed E-state index contributed by atoms with van der Waals surface area (Å²) in [5.74, 6) is -0.930. The molecule has 0 radical (unpaired) electrons. The normalized spacial score (nSPS) is 18.4. The van der Waals surface area contributed by atoms with E-state index in [1.807, 2.05) is 19.2 Å². The number of carbonyl (C=O) groups excluding carboxylic acids is 1. The summed E-state index contributed by atoms with van der Waals surface area (Å²) in [6, 6.07) is 6.56. The van der Waals surface area contributed by atoms with Crippen molar-refractivity contribution in [2.24, 2.45) is 0 Å². The molecule has 0 saturated heterocycles. The fraction of sp³-hybridized carbons (Fsp3) is 0.250. The molecule has 0 saturated carbocycles. The van der Waals surface area contributed by atoms with Crippen molar-refractivity contribution in [1.29, 1.82) is 0 Å². The van der Waals surface area contributed by atoms with Crippen molar-refractivity contribution < 1.29 is 14.4 Å². The molecule has 2 aromatic heterocycles. The Morgan fingerprint density at radius 2 is 2.11 bits per heavy atom. The monoisotopic (exact) mass is 366 g/mol. The summed E-state index contributed by atoms with van der Waals surface area (Å²) in [6.07, 6.45) is 5.98. The number of nitrogens with one attached hydrogen (secondary N) is 1. The molecule has 1 aromatic carbocycles. The van der Waals surface area contributed by atoms with Crippen LogP contribution in [0.1, 0.15) is 27.9 Å². The first-order valence-corrected chi connectivity index (χ1v) is 8.65. The molecule has 6 nitrogen and oxygen atoms in total. The number of fused-ring (bicyclic) bond motifs is 1. The maximum absolute atomic E-state index is 14.1. The van der Waals surface area contributed by atoms with E-state index < -0.39 is 11.3 Å². The standard InChI is InChI=1S/C20H19FN4O2/c1-12-10-22-7-6-18(12)25-11-14-8-20(19(26)24-27,9-17(14)23-25)15-4-3-5-16(21)13(15)2/h3-7,10-11,27H,8-9H2,1-2H3,(H,24,26). The van der Waals surface area contributed by atoms with Gasteiger partial charge in [-0.2, -0.15) is 5.10 Å². The first-order valence-electron chi connectivity index (χ1n) is 8.65. The Kier molecular flexibility index (Phi) is 4.04. The van der Waals surface area contributed by atoms with Crippen LogP contribution in [0.15, 0.2) is 42.9 Å². The molecular formula is C20H19FN4O2. The van der Waals surface area contributed by atoms with Gasteiger partial charge in [-0.3, -0.25) is 15.0 Å². The number of nitrogens with zero attached hydrogens (tertiary/aromatic N) is 3. The summed E-state index contributed by atoms with van der Waals surface area (Å²) in [5, 5.41) is 14.0. The minimum Gasteiger partial charge on any atom is -0.289 e. The quantitative estimate of drug-likeness (QED) is 0.552. The van der Waals surface area contributed by atoms with Crippen molar-refractivity contribution in [2.45, 2.75) is 32.1 Å². The molecule has 138 valence electrons. The number of benzene rings is 1. The third-order valence-corrected chi connectivity index (χ3v) is 5.40. The van der Waals surface area contributed by atoms with E-state index in [4.69, 9.17) is 0 Å². The number of hydrogen-bond acceptors (Lipinski definition) is 4. The number of pyridine rings is 1. The van der Waals surface area contributed by atoms with Crippen molar-refractivity contribution in [1.82, 2.24) is 20.2 Å². The number of halogens is 1. The SMILES string of the molecule is Cc1cnccc1-n1cc2c(n1)CC(C(=O)NO)(c1cccc(F)c1C)C2. The van der Waals surface area contributed by atoms with E-state index in [0.29, 0.717) is 17.5 Å². The van der Waals surface area contributed by atoms with Crippen LogP contribution in [0, 0.1) is 19.7 Å². The summed E-state index contributed by atoms with van der Waals surface area (Å²) >= 11 is 0. The van der Waals surface area contributed by atoms with Gasteiger partial charge < -0.3 is 0 Å². The summed E-state index contributed by atoms with van der Waals surface area (Å²) in [6.45, 7) is 3.60. The molecule has 1 amide bonds. The third kappa shape index (κ3) is 2.62. The van der Waals surface area contributed by atoms with Gasteiger partial charge in [0.1, 0.15) is 5.82 Å². The lowest BCUT2D eigenvalue weighted by molar-refractivity contribution is -0.135. The Morgan fingerprint density at radius 1 is 1.30 bits per heavy atom. The summed E-state index contributed by atoms with van der Waals surface area (Å²) in [4.78, 5) is 16.7. The van der Waals surface area contributed by atoms with Crippen LogP contribution in [0.4, 0.5) is 4.39 Å². The Labute approximate surface area is 155 Å². The second kappa shape index (κ2) is 6.28. The van der Waals surface area contributed by atoms with E-state index in [-0.39, 0.29) is 12.2 Å². The van der Waals surface area contributed by atoms with E-state index in [0.717, 1.165) is 22.5 Å². The van der Waals surface area contributed by atoms with E-state index in [2.05, 4.69) is 10.1 Å². The lowest BCUT2D eigenvalue weighted by Crippen LogP contribution is -2.45. The average Bonchev–Trinajstić information content (AvgIpc) is 3.20. The zero-order valence-corrected chi connectivity index (χ0v) is 15.0. The smallest absolute Gasteiger partial charge is 0.254 e. The molecule has 3 aromatic rings. The second-order valence-electron chi connectivity index (χ2n) is 7.00. The van der Waals surface area contributed by atoms with Gasteiger partial charge in [0.2, 0.25) is 0 Å². The first kappa shape index (κ1) is 17.4. The Balaban J connectivity index is 1.78. The number of amides is 1. The van der Waals surface area contributed by atoms with Crippen molar-refractivity contribution in [3.05, 3.63) is 76.6 Å². The number of hydroxylamine groups is 1. The van der Waals surface area contributed by atoms with E-state index in [1.165, 1.54) is 6.07 Å². The molecule has 0 bridgehead atoms. The van der Waals surface area contributed by atoms with Gasteiger partial charge in [0.05, 0.1) is 16.8 Å². The van der Waals surface area contributed by atoms with Crippen LogP contribution >= 0.6 is 0 Å². The molecule has 1 aliphatic rings. The summed E-state index contributed by atoms with van der Waals surface area (Å²) in [7, 11) is 0. The topological polar surface area (TPSA) is 80.0 Å². The van der Waals surface area contributed by atoms with E-state index >= 15 is 0 Å². The first-order chi connectivity index (χ1) is 13.0. The molecule has 4 rings (SSSR count). The molecule has 2 N–H and O–H groups in total. The van der Waals surface area contributed by atoms with Gasteiger partial charge in [-0.25, -0.2) is 14.6 Å². The highest BCUT2D eigenvalue weighted by atomic mass is 19.1. The van der Waals surface area contributed by atoms with Crippen LogP contribution in [-0.4, -0.2) is 25.9 Å². The average molecular weight is 366 g/mol. The summed E-state index contributed by atoms with van der Waals surface area (Å²) in [5.41, 5.74) is 5.23. The predicted octanol–water partition coefficient (Wildman–Crippen LogP) is 2.57. The fourth-order valence-corrected chi connectivity index (χ4v) is 3.97. The maximum atomic E-state index is 14.1. The van der Waals surface area contributed by atoms with Gasteiger partial charge >= 0.3 is 0 Å². The number of aryl methyl sites for hydroxylation is 1. The third-order valence-electron chi connectivity index (χ3n) is 5.40. The van der Waals surface area contributed by atoms with Gasteiger partial charge in [0, 0.05) is 25.0 Å². The highest BCUT2D eigenvalue weighted by Crippen LogP contribution is 2.41. The fourth-order valence-electron chi connectivity index (χ4n) is 3.97. The minimum absolute atomic E-state index is 0.288. The molecule has 2 heterocycles. The van der Waals surface area contributed by atoms with Crippen molar-refractivity contribution >= 4 is 5.91 Å².